The molecule has 0 aliphatic carbocycles. The molecule has 5 heavy (non-hydrogen) atoms. The smallest absolute Gasteiger partial charge is 0.0483 e. The van der Waals surface area contributed by atoms with Crippen LogP contribution < -0.4 is 0 Å². The second-order valence-corrected chi connectivity index (χ2v) is 1.09. The van der Waals surface area contributed by atoms with Crippen molar-refractivity contribution < 1.29 is 5.11 Å². The molecule has 0 atom stereocenters. The van der Waals surface area contributed by atoms with Gasteiger partial charge in [0.1, 0.15) is 0 Å². The van der Waals surface area contributed by atoms with Crippen molar-refractivity contribution in [3.05, 3.63) is 0 Å². The summed E-state index contributed by atoms with van der Waals surface area (Å²) in [5.74, 6) is 0. The number of aliphatic hydroxyl groups is 1. The Labute approximate surface area is 49.3 Å². The summed E-state index contributed by atoms with van der Waals surface area (Å²) in [5.41, 5.74) is 0. The van der Waals surface area contributed by atoms with Crippen LogP contribution in [0.1, 0.15) is 13.8 Å². The van der Waals surface area contributed by atoms with Crippen LogP contribution in [0.25, 0.3) is 0 Å². The Morgan fingerprint density at radius 3 is 1.40 bits per heavy atom. The normalized spacial score (nSPS) is 7.20. The standard InChI is InChI=1S/C3H8O.Sn/c1-3(2)4;/h3-4H,1-2H3;. The second kappa shape index (κ2) is 4.76. The molecule has 0 aromatic carbocycles. The van der Waals surface area contributed by atoms with Crippen LogP contribution in [-0.2, 0) is 0 Å². The van der Waals surface area contributed by atoms with E-state index in [4.69, 9.17) is 5.11 Å². The molecule has 0 aliphatic rings. The number of rotatable bonds is 0. The Morgan fingerprint density at radius 2 is 1.40 bits per heavy atom. The van der Waals surface area contributed by atoms with Crippen molar-refractivity contribution in [2.75, 3.05) is 0 Å². The minimum absolute atomic E-state index is 0. The summed E-state index contributed by atoms with van der Waals surface area (Å²) in [7, 11) is 0. The molecule has 0 unspecified atom stereocenters. The van der Waals surface area contributed by atoms with E-state index in [0.29, 0.717) is 0 Å². The second-order valence-electron chi connectivity index (χ2n) is 1.09. The minimum Gasteiger partial charge on any atom is -0.394 e. The van der Waals surface area contributed by atoms with Crippen molar-refractivity contribution in [1.82, 2.24) is 0 Å². The van der Waals surface area contributed by atoms with E-state index >= 15 is 0 Å². The van der Waals surface area contributed by atoms with Crippen LogP contribution in [0.15, 0.2) is 0 Å². The molecule has 0 fully saturated rings. The minimum atomic E-state index is -0.167. The molecule has 1 nitrogen and oxygen atoms in total. The molecule has 2 heteroatoms. The summed E-state index contributed by atoms with van der Waals surface area (Å²) in [5, 5.41) is 8.06. The van der Waals surface area contributed by atoms with Gasteiger partial charge in [0, 0.05) is 30.0 Å². The Balaban J connectivity index is 0. The average Bonchev–Trinajstić information content (AvgIpc) is 0.811. The third-order valence-electron chi connectivity index (χ3n) is 0. The van der Waals surface area contributed by atoms with Gasteiger partial charge in [-0.2, -0.15) is 0 Å². The van der Waals surface area contributed by atoms with Gasteiger partial charge in [-0.3, -0.25) is 0 Å². The molecule has 0 saturated heterocycles. The average molecular weight is 179 g/mol. The van der Waals surface area contributed by atoms with Gasteiger partial charge in [0.2, 0.25) is 0 Å². The Morgan fingerprint density at radius 1 is 1.40 bits per heavy atom. The summed E-state index contributed by atoms with van der Waals surface area (Å²) in [6, 6.07) is 0. The van der Waals surface area contributed by atoms with Crippen molar-refractivity contribution in [1.29, 1.82) is 0 Å². The molecule has 0 aliphatic heterocycles. The number of hydrogen-bond acceptors (Lipinski definition) is 1. The third-order valence-corrected chi connectivity index (χ3v) is 0. The van der Waals surface area contributed by atoms with E-state index in [1.807, 2.05) is 0 Å². The first-order valence-corrected chi connectivity index (χ1v) is 1.41. The van der Waals surface area contributed by atoms with E-state index in [9.17, 15) is 0 Å². The summed E-state index contributed by atoms with van der Waals surface area (Å²) in [6.45, 7) is 3.44. The van der Waals surface area contributed by atoms with Crippen LogP contribution in [0.3, 0.4) is 0 Å². The summed E-state index contributed by atoms with van der Waals surface area (Å²) in [6.07, 6.45) is -0.167. The monoisotopic (exact) mass is 180 g/mol. The van der Waals surface area contributed by atoms with Crippen molar-refractivity contribution in [3.63, 3.8) is 0 Å². The first-order valence-electron chi connectivity index (χ1n) is 1.41. The molecule has 0 spiro atoms. The van der Waals surface area contributed by atoms with Crippen molar-refractivity contribution in [2.45, 2.75) is 20.0 Å². The van der Waals surface area contributed by atoms with Gasteiger partial charge in [-0.05, 0) is 13.8 Å². The van der Waals surface area contributed by atoms with Gasteiger partial charge in [-0.15, -0.1) is 0 Å². The Bertz CT molecular complexity index is 11.6. The molecule has 4 radical (unpaired) electrons. The molecule has 0 aromatic heterocycles. The van der Waals surface area contributed by atoms with Gasteiger partial charge >= 0.3 is 0 Å². The van der Waals surface area contributed by atoms with Gasteiger partial charge in [0.25, 0.3) is 0 Å². The van der Waals surface area contributed by atoms with Gasteiger partial charge in [0.05, 0.1) is 0 Å². The quantitative estimate of drug-likeness (QED) is 0.519. The van der Waals surface area contributed by atoms with Gasteiger partial charge in [-0.25, -0.2) is 0 Å². The Hall–Kier alpha value is 0.759. The molecular weight excluding hydrogens is 171 g/mol. The zero-order valence-electron chi connectivity index (χ0n) is 3.52. The first kappa shape index (κ1) is 9.23. The summed E-state index contributed by atoms with van der Waals surface area (Å²) in [4.78, 5) is 0. The maximum Gasteiger partial charge on any atom is 0.0483 e. The number of hydrogen-bond donors (Lipinski definition) is 1. The maximum absolute atomic E-state index is 8.06. The molecule has 0 aromatic rings. The van der Waals surface area contributed by atoms with E-state index in [-0.39, 0.29) is 30.0 Å². The van der Waals surface area contributed by atoms with E-state index < -0.39 is 0 Å². The first-order chi connectivity index (χ1) is 1.73. The van der Waals surface area contributed by atoms with Crippen LogP contribution in [0.2, 0.25) is 0 Å². The van der Waals surface area contributed by atoms with Crippen LogP contribution in [0.5, 0.6) is 0 Å². The fourth-order valence-electron chi connectivity index (χ4n) is 0. The van der Waals surface area contributed by atoms with Crippen molar-refractivity contribution in [2.24, 2.45) is 0 Å². The SMILES string of the molecule is CC(C)O.[Sn]. The predicted molar refractivity (Wildman–Crippen MR) is 23.1 cm³/mol. The van der Waals surface area contributed by atoms with Crippen molar-refractivity contribution in [3.8, 4) is 0 Å². The van der Waals surface area contributed by atoms with Crippen LogP contribution in [0.4, 0.5) is 0 Å². The van der Waals surface area contributed by atoms with E-state index in [0.717, 1.165) is 0 Å². The summed E-state index contributed by atoms with van der Waals surface area (Å²) >= 11 is 0. The topological polar surface area (TPSA) is 20.2 Å². The van der Waals surface area contributed by atoms with Crippen LogP contribution in [-0.4, -0.2) is 35.1 Å². The maximum atomic E-state index is 8.06. The fraction of sp³-hybridized carbons (Fsp3) is 1.00. The zero-order valence-corrected chi connectivity index (χ0v) is 6.38. The molecule has 1 N–H and O–H groups in total. The van der Waals surface area contributed by atoms with Crippen molar-refractivity contribution >= 4 is 23.9 Å². The van der Waals surface area contributed by atoms with Gasteiger partial charge in [0.15, 0.2) is 0 Å². The largest absolute Gasteiger partial charge is 0.394 e. The molecule has 0 saturated carbocycles. The molecule has 30 valence electrons. The molecular formula is C3H8OSn. The molecule has 0 amide bonds. The molecule has 0 heterocycles. The molecule has 0 bridgehead atoms. The van der Waals surface area contributed by atoms with E-state index in [1.54, 1.807) is 13.8 Å². The summed E-state index contributed by atoms with van der Waals surface area (Å²) < 4.78 is 0. The van der Waals surface area contributed by atoms with E-state index in [1.165, 1.54) is 0 Å². The zero-order chi connectivity index (χ0) is 3.58. The van der Waals surface area contributed by atoms with Crippen LogP contribution >= 0.6 is 0 Å². The third kappa shape index (κ3) is 62.9. The van der Waals surface area contributed by atoms with Gasteiger partial charge < -0.3 is 5.11 Å². The predicted octanol–water partition coefficient (Wildman–Crippen LogP) is 0.00630. The molecule has 0 rings (SSSR count). The number of aliphatic hydroxyl groups excluding tert-OH is 1. The Kier molecular flexibility index (Phi) is 8.79. The van der Waals surface area contributed by atoms with Gasteiger partial charge in [-0.1, -0.05) is 0 Å². The fourth-order valence-corrected chi connectivity index (χ4v) is 0. The van der Waals surface area contributed by atoms with E-state index in [2.05, 4.69) is 0 Å². The van der Waals surface area contributed by atoms with Crippen LogP contribution in [0, 0.1) is 0 Å².